The molecule has 0 saturated heterocycles. The number of aromatic nitrogens is 2. The number of hydrogen-bond acceptors (Lipinski definition) is 8. The van der Waals surface area contributed by atoms with Gasteiger partial charge in [-0.1, -0.05) is 6.07 Å². The highest BCUT2D eigenvalue weighted by atomic mass is 16.5. The van der Waals surface area contributed by atoms with E-state index in [0.29, 0.717) is 18.3 Å². The van der Waals surface area contributed by atoms with Crippen LogP contribution in [0.3, 0.4) is 0 Å². The molecule has 3 aromatic rings. The average Bonchev–Trinajstić information content (AvgIpc) is 2.85. The number of benzene rings is 2. The molecule has 1 aliphatic heterocycles. The van der Waals surface area contributed by atoms with Crippen LogP contribution in [-0.4, -0.2) is 49.3 Å². The van der Waals surface area contributed by atoms with E-state index in [1.807, 2.05) is 43.5 Å². The molecule has 2 heterocycles. The quantitative estimate of drug-likeness (QED) is 0.520. The average molecular weight is 451 g/mol. The third-order valence-electron chi connectivity index (χ3n) is 5.60. The standard InChI is InChI=1S/C25H30N4O4/c1-5-33-22-9-6-17(12-24(22)32-4)15-29-11-10-20-18(16-29)14-26-25(27-20)28-21-8-7-19(30-2)13-23(21)31-3/h6-9,12-14H,5,10-11,15-16H2,1-4H3,(H,26,27,28). The molecule has 0 radical (unpaired) electrons. The van der Waals surface area contributed by atoms with Crippen LogP contribution in [0.5, 0.6) is 23.0 Å². The maximum Gasteiger partial charge on any atom is 0.227 e. The number of hydrogen-bond donors (Lipinski definition) is 1. The predicted molar refractivity (Wildman–Crippen MR) is 127 cm³/mol. The third kappa shape index (κ3) is 5.28. The summed E-state index contributed by atoms with van der Waals surface area (Å²) in [6, 6.07) is 11.7. The summed E-state index contributed by atoms with van der Waals surface area (Å²) in [7, 11) is 4.93. The van der Waals surface area contributed by atoms with Crippen molar-refractivity contribution in [3.05, 3.63) is 59.4 Å². The van der Waals surface area contributed by atoms with E-state index in [4.69, 9.17) is 23.9 Å². The second-order valence-electron chi connectivity index (χ2n) is 7.74. The van der Waals surface area contributed by atoms with Crippen molar-refractivity contribution in [1.82, 2.24) is 14.9 Å². The van der Waals surface area contributed by atoms with E-state index in [9.17, 15) is 0 Å². The molecule has 0 fully saturated rings. The van der Waals surface area contributed by atoms with E-state index in [1.165, 1.54) is 5.56 Å². The lowest BCUT2D eigenvalue weighted by molar-refractivity contribution is 0.242. The monoisotopic (exact) mass is 450 g/mol. The fraction of sp³-hybridized carbons (Fsp3) is 0.360. The minimum absolute atomic E-state index is 0.557. The molecule has 0 saturated carbocycles. The molecule has 1 aliphatic rings. The largest absolute Gasteiger partial charge is 0.497 e. The molecule has 0 aliphatic carbocycles. The van der Waals surface area contributed by atoms with Gasteiger partial charge < -0.3 is 24.3 Å². The van der Waals surface area contributed by atoms with Crippen molar-refractivity contribution in [1.29, 1.82) is 0 Å². The van der Waals surface area contributed by atoms with Gasteiger partial charge in [0.15, 0.2) is 11.5 Å². The van der Waals surface area contributed by atoms with Crippen molar-refractivity contribution in [3.63, 3.8) is 0 Å². The molecule has 33 heavy (non-hydrogen) atoms. The first-order valence-corrected chi connectivity index (χ1v) is 11.0. The third-order valence-corrected chi connectivity index (χ3v) is 5.60. The van der Waals surface area contributed by atoms with E-state index in [2.05, 4.69) is 21.3 Å². The Morgan fingerprint density at radius 2 is 1.82 bits per heavy atom. The molecule has 0 bridgehead atoms. The maximum absolute atomic E-state index is 5.62. The Bertz CT molecular complexity index is 1110. The van der Waals surface area contributed by atoms with Gasteiger partial charge in [0.25, 0.3) is 0 Å². The van der Waals surface area contributed by atoms with Crippen LogP contribution in [0.25, 0.3) is 0 Å². The van der Waals surface area contributed by atoms with Gasteiger partial charge in [-0.3, -0.25) is 4.90 Å². The molecule has 1 aromatic heterocycles. The molecule has 8 heteroatoms. The maximum atomic E-state index is 5.62. The lowest BCUT2D eigenvalue weighted by atomic mass is 10.1. The van der Waals surface area contributed by atoms with Gasteiger partial charge in [0, 0.05) is 43.9 Å². The van der Waals surface area contributed by atoms with Crippen molar-refractivity contribution < 1.29 is 18.9 Å². The van der Waals surface area contributed by atoms with Crippen LogP contribution in [0.15, 0.2) is 42.6 Å². The summed E-state index contributed by atoms with van der Waals surface area (Å²) >= 11 is 0. The highest BCUT2D eigenvalue weighted by molar-refractivity contribution is 5.64. The Balaban J connectivity index is 1.44. The summed E-state index contributed by atoms with van der Waals surface area (Å²) in [6.45, 7) is 5.13. The van der Waals surface area contributed by atoms with E-state index >= 15 is 0 Å². The van der Waals surface area contributed by atoms with Crippen molar-refractivity contribution in [3.8, 4) is 23.0 Å². The molecule has 0 amide bonds. The summed E-state index contributed by atoms with van der Waals surface area (Å²) < 4.78 is 21.8. The van der Waals surface area contributed by atoms with Gasteiger partial charge in [-0.05, 0) is 36.8 Å². The molecule has 0 spiro atoms. The summed E-state index contributed by atoms with van der Waals surface area (Å²) in [6.07, 6.45) is 2.77. The van der Waals surface area contributed by atoms with Gasteiger partial charge >= 0.3 is 0 Å². The van der Waals surface area contributed by atoms with E-state index in [0.717, 1.165) is 60.2 Å². The van der Waals surface area contributed by atoms with Crippen LogP contribution in [0.4, 0.5) is 11.6 Å². The molecular weight excluding hydrogens is 420 g/mol. The van der Waals surface area contributed by atoms with Crippen LogP contribution in [0.1, 0.15) is 23.7 Å². The van der Waals surface area contributed by atoms with Crippen molar-refractivity contribution in [2.45, 2.75) is 26.4 Å². The zero-order chi connectivity index (χ0) is 23.2. The van der Waals surface area contributed by atoms with E-state index in [-0.39, 0.29) is 0 Å². The number of anilines is 2. The number of fused-ring (bicyclic) bond motifs is 1. The van der Waals surface area contributed by atoms with Gasteiger partial charge in [0.2, 0.25) is 5.95 Å². The first kappa shape index (κ1) is 22.7. The molecule has 4 rings (SSSR count). The number of rotatable bonds is 9. The minimum Gasteiger partial charge on any atom is -0.497 e. The Labute approximate surface area is 194 Å². The molecule has 0 atom stereocenters. The van der Waals surface area contributed by atoms with Crippen LogP contribution in [0, 0.1) is 0 Å². The van der Waals surface area contributed by atoms with Gasteiger partial charge in [-0.25, -0.2) is 9.97 Å². The zero-order valence-electron chi connectivity index (χ0n) is 19.6. The fourth-order valence-electron chi connectivity index (χ4n) is 3.94. The SMILES string of the molecule is CCOc1ccc(CN2CCc3nc(Nc4ccc(OC)cc4OC)ncc3C2)cc1OC. The van der Waals surface area contributed by atoms with Gasteiger partial charge in [0.1, 0.15) is 11.5 Å². The second kappa shape index (κ2) is 10.4. The van der Waals surface area contributed by atoms with Gasteiger partial charge in [-0.15, -0.1) is 0 Å². The Morgan fingerprint density at radius 1 is 0.970 bits per heavy atom. The number of methoxy groups -OCH3 is 3. The van der Waals surface area contributed by atoms with Gasteiger partial charge in [-0.2, -0.15) is 0 Å². The molecular formula is C25H30N4O4. The van der Waals surface area contributed by atoms with E-state index in [1.54, 1.807) is 21.3 Å². The predicted octanol–water partition coefficient (Wildman–Crippen LogP) is 4.20. The zero-order valence-corrected chi connectivity index (χ0v) is 19.6. The van der Waals surface area contributed by atoms with Crippen molar-refractivity contribution in [2.75, 3.05) is 39.8 Å². The summed E-state index contributed by atoms with van der Waals surface area (Å²) in [5.41, 5.74) is 4.19. The first-order valence-electron chi connectivity index (χ1n) is 11.0. The van der Waals surface area contributed by atoms with Crippen molar-refractivity contribution in [2.24, 2.45) is 0 Å². The first-order chi connectivity index (χ1) is 16.1. The van der Waals surface area contributed by atoms with Crippen LogP contribution >= 0.6 is 0 Å². The number of nitrogens with one attached hydrogen (secondary N) is 1. The molecule has 174 valence electrons. The molecule has 8 nitrogen and oxygen atoms in total. The highest BCUT2D eigenvalue weighted by Crippen LogP contribution is 2.32. The summed E-state index contributed by atoms with van der Waals surface area (Å²) in [5, 5.41) is 3.26. The lowest BCUT2D eigenvalue weighted by Gasteiger charge is -2.28. The van der Waals surface area contributed by atoms with Crippen LogP contribution in [0.2, 0.25) is 0 Å². The van der Waals surface area contributed by atoms with Crippen molar-refractivity contribution >= 4 is 11.6 Å². The normalized spacial score (nSPS) is 13.2. The van der Waals surface area contributed by atoms with E-state index < -0.39 is 0 Å². The molecule has 2 aromatic carbocycles. The Hall–Kier alpha value is -3.52. The van der Waals surface area contributed by atoms with Gasteiger partial charge in [0.05, 0.1) is 39.3 Å². The summed E-state index contributed by atoms with van der Waals surface area (Å²) in [4.78, 5) is 11.7. The highest BCUT2D eigenvalue weighted by Gasteiger charge is 2.20. The number of nitrogens with zero attached hydrogens (tertiary/aromatic N) is 3. The molecule has 0 unspecified atom stereocenters. The smallest absolute Gasteiger partial charge is 0.227 e. The van der Waals surface area contributed by atoms with Crippen LogP contribution in [-0.2, 0) is 19.5 Å². The number of ether oxygens (including phenoxy) is 4. The molecule has 1 N–H and O–H groups in total. The fourth-order valence-corrected chi connectivity index (χ4v) is 3.94. The topological polar surface area (TPSA) is 78.0 Å². The Kier molecular flexibility index (Phi) is 7.14. The van der Waals surface area contributed by atoms with Crippen LogP contribution < -0.4 is 24.3 Å². The summed E-state index contributed by atoms with van der Waals surface area (Å²) in [5.74, 6) is 3.50. The minimum atomic E-state index is 0.557. The Morgan fingerprint density at radius 3 is 2.58 bits per heavy atom. The lowest BCUT2D eigenvalue weighted by Crippen LogP contribution is -2.31. The second-order valence-corrected chi connectivity index (χ2v) is 7.74.